The van der Waals surface area contributed by atoms with Crippen LogP contribution in [0.2, 0.25) is 0 Å². The van der Waals surface area contributed by atoms with E-state index in [9.17, 15) is 14.7 Å². The second-order valence-electron chi connectivity index (χ2n) is 6.83. The van der Waals surface area contributed by atoms with Gasteiger partial charge in [-0.2, -0.15) is 0 Å². The highest BCUT2D eigenvalue weighted by Crippen LogP contribution is 2.35. The number of nitrogens with zero attached hydrogens (tertiary/aromatic N) is 1. The number of hydrogen-bond donors (Lipinski definition) is 2. The highest BCUT2D eigenvalue weighted by molar-refractivity contribution is 5.78. The molecule has 1 aliphatic carbocycles. The third kappa shape index (κ3) is 3.50. The fraction of sp³-hybridized carbons (Fsp3) is 0.875. The zero-order chi connectivity index (χ0) is 15.5. The fourth-order valence-electron chi connectivity index (χ4n) is 3.60. The molecule has 2 rings (SSSR count). The van der Waals surface area contributed by atoms with E-state index in [-0.39, 0.29) is 12.6 Å². The number of carbonyl (C=O) groups is 2. The van der Waals surface area contributed by atoms with Gasteiger partial charge in [0, 0.05) is 19.1 Å². The Balaban J connectivity index is 1.94. The van der Waals surface area contributed by atoms with Crippen LogP contribution >= 0.6 is 0 Å². The van der Waals surface area contributed by atoms with Crippen LogP contribution in [-0.4, -0.2) is 41.1 Å². The summed E-state index contributed by atoms with van der Waals surface area (Å²) in [5, 5.41) is 12.1. The lowest BCUT2D eigenvalue weighted by atomic mass is 9.78. The molecule has 0 bridgehead atoms. The maximum Gasteiger partial charge on any atom is 0.317 e. The molecule has 120 valence electrons. The maximum absolute atomic E-state index is 12.5. The molecule has 1 saturated carbocycles. The molecule has 1 saturated heterocycles. The predicted molar refractivity (Wildman–Crippen MR) is 81.1 cm³/mol. The predicted octanol–water partition coefficient (Wildman–Crippen LogP) is 2.85. The van der Waals surface area contributed by atoms with Crippen LogP contribution in [0.15, 0.2) is 0 Å². The van der Waals surface area contributed by atoms with Crippen molar-refractivity contribution in [3.05, 3.63) is 0 Å². The van der Waals surface area contributed by atoms with Gasteiger partial charge >= 0.3 is 12.0 Å². The van der Waals surface area contributed by atoms with Crippen LogP contribution in [0.4, 0.5) is 4.79 Å². The summed E-state index contributed by atoms with van der Waals surface area (Å²) >= 11 is 0. The van der Waals surface area contributed by atoms with Crippen LogP contribution in [0, 0.1) is 11.3 Å². The highest BCUT2D eigenvalue weighted by atomic mass is 16.4. The molecular weight excluding hydrogens is 268 g/mol. The van der Waals surface area contributed by atoms with Gasteiger partial charge in [-0.3, -0.25) is 4.79 Å². The summed E-state index contributed by atoms with van der Waals surface area (Å²) in [5.41, 5.74) is -0.878. The number of carboxylic acids is 1. The number of urea groups is 1. The van der Waals surface area contributed by atoms with Crippen molar-refractivity contribution in [1.29, 1.82) is 0 Å². The van der Waals surface area contributed by atoms with Crippen molar-refractivity contribution in [3.8, 4) is 0 Å². The van der Waals surface area contributed by atoms with Gasteiger partial charge in [0.05, 0.1) is 5.41 Å². The van der Waals surface area contributed by atoms with E-state index < -0.39 is 11.4 Å². The van der Waals surface area contributed by atoms with Crippen molar-refractivity contribution in [3.63, 3.8) is 0 Å². The van der Waals surface area contributed by atoms with Crippen molar-refractivity contribution in [2.24, 2.45) is 11.3 Å². The molecule has 0 aromatic rings. The molecule has 5 heteroatoms. The first kappa shape index (κ1) is 16.1. The number of likely N-dealkylation sites (tertiary alicyclic amines) is 1. The Morgan fingerprint density at radius 3 is 2.57 bits per heavy atom. The minimum Gasteiger partial charge on any atom is -0.481 e. The summed E-state index contributed by atoms with van der Waals surface area (Å²) in [4.78, 5) is 25.7. The fourth-order valence-corrected chi connectivity index (χ4v) is 3.60. The molecule has 2 amide bonds. The van der Waals surface area contributed by atoms with Crippen molar-refractivity contribution in [2.45, 2.75) is 64.8 Å². The molecule has 1 aliphatic heterocycles. The maximum atomic E-state index is 12.5. The molecule has 0 aromatic carbocycles. The number of fused-ring (bicyclic) bond motifs is 1. The topological polar surface area (TPSA) is 69.6 Å². The second-order valence-corrected chi connectivity index (χ2v) is 6.83. The summed E-state index contributed by atoms with van der Waals surface area (Å²) in [6.07, 6.45) is 7.62. The number of hydrogen-bond acceptors (Lipinski definition) is 2. The normalized spacial score (nSPS) is 28.4. The monoisotopic (exact) mass is 296 g/mol. The number of carboxylic acid groups (broad SMARTS) is 1. The van der Waals surface area contributed by atoms with Crippen molar-refractivity contribution in [1.82, 2.24) is 10.2 Å². The summed E-state index contributed by atoms with van der Waals surface area (Å²) < 4.78 is 0. The first-order valence-corrected chi connectivity index (χ1v) is 8.26. The molecule has 0 aromatic heterocycles. The number of nitrogens with one attached hydrogen (secondary N) is 1. The number of aliphatic carboxylic acids is 1. The van der Waals surface area contributed by atoms with Crippen LogP contribution in [0.3, 0.4) is 0 Å². The Labute approximate surface area is 127 Å². The zero-order valence-corrected chi connectivity index (χ0v) is 13.2. The lowest BCUT2D eigenvalue weighted by molar-refractivity contribution is -0.147. The summed E-state index contributed by atoms with van der Waals surface area (Å²) in [6.45, 7) is 4.54. The van der Waals surface area contributed by atoms with Gasteiger partial charge in [0.1, 0.15) is 0 Å². The van der Waals surface area contributed by atoms with Crippen LogP contribution < -0.4 is 5.32 Å². The second kappa shape index (κ2) is 6.67. The van der Waals surface area contributed by atoms with Gasteiger partial charge in [0.15, 0.2) is 0 Å². The van der Waals surface area contributed by atoms with Crippen molar-refractivity contribution < 1.29 is 14.7 Å². The first-order chi connectivity index (χ1) is 9.98. The van der Waals surface area contributed by atoms with E-state index >= 15 is 0 Å². The van der Waals surface area contributed by atoms with Gasteiger partial charge in [-0.1, -0.05) is 19.8 Å². The SMILES string of the molecule is CCC(C)(CNC(=O)N1CCCC2CCCCC21)C(=O)O. The van der Waals surface area contributed by atoms with E-state index in [0.717, 1.165) is 19.4 Å². The van der Waals surface area contributed by atoms with E-state index in [0.29, 0.717) is 18.4 Å². The number of rotatable bonds is 4. The van der Waals surface area contributed by atoms with Crippen LogP contribution in [0.25, 0.3) is 0 Å². The van der Waals surface area contributed by atoms with Gasteiger partial charge in [-0.15, -0.1) is 0 Å². The van der Waals surface area contributed by atoms with Gasteiger partial charge < -0.3 is 15.3 Å². The summed E-state index contributed by atoms with van der Waals surface area (Å²) in [5.74, 6) is -0.199. The molecule has 2 N–H and O–H groups in total. The lowest BCUT2D eigenvalue weighted by Gasteiger charge is -2.44. The summed E-state index contributed by atoms with van der Waals surface area (Å²) in [7, 11) is 0. The molecule has 2 aliphatic rings. The van der Waals surface area contributed by atoms with E-state index in [1.54, 1.807) is 6.92 Å². The molecule has 1 heterocycles. The Morgan fingerprint density at radius 1 is 1.24 bits per heavy atom. The van der Waals surface area contributed by atoms with E-state index in [2.05, 4.69) is 5.32 Å². The third-order valence-electron chi connectivity index (χ3n) is 5.43. The molecule has 3 unspecified atom stereocenters. The van der Waals surface area contributed by atoms with Crippen LogP contribution in [-0.2, 0) is 4.79 Å². The zero-order valence-electron chi connectivity index (χ0n) is 13.2. The standard InChI is InChI=1S/C16H28N2O3/c1-3-16(2,14(19)20)11-17-15(21)18-10-6-8-12-7-4-5-9-13(12)18/h12-13H,3-11H2,1-2H3,(H,17,21)(H,19,20). The Hall–Kier alpha value is -1.26. The number of piperidine rings is 1. The van der Waals surface area contributed by atoms with E-state index in [1.807, 2.05) is 11.8 Å². The van der Waals surface area contributed by atoms with Gasteiger partial charge in [0.2, 0.25) is 0 Å². The smallest absolute Gasteiger partial charge is 0.317 e. The van der Waals surface area contributed by atoms with Gasteiger partial charge in [-0.05, 0) is 44.9 Å². The Morgan fingerprint density at radius 2 is 1.90 bits per heavy atom. The molecular formula is C16H28N2O3. The highest BCUT2D eigenvalue weighted by Gasteiger charge is 2.37. The van der Waals surface area contributed by atoms with Gasteiger partial charge in [-0.25, -0.2) is 4.79 Å². The van der Waals surface area contributed by atoms with Crippen molar-refractivity contribution >= 4 is 12.0 Å². The molecule has 5 nitrogen and oxygen atoms in total. The first-order valence-electron chi connectivity index (χ1n) is 8.26. The van der Waals surface area contributed by atoms with Crippen LogP contribution in [0.1, 0.15) is 58.8 Å². The van der Waals surface area contributed by atoms with Gasteiger partial charge in [0.25, 0.3) is 0 Å². The molecule has 3 atom stereocenters. The third-order valence-corrected chi connectivity index (χ3v) is 5.43. The number of carbonyl (C=O) groups excluding carboxylic acids is 1. The molecule has 21 heavy (non-hydrogen) atoms. The average molecular weight is 296 g/mol. The number of amides is 2. The van der Waals surface area contributed by atoms with E-state index in [4.69, 9.17) is 0 Å². The van der Waals surface area contributed by atoms with Crippen molar-refractivity contribution in [2.75, 3.05) is 13.1 Å². The Bertz CT molecular complexity index is 397. The minimum atomic E-state index is -0.878. The molecule has 0 spiro atoms. The summed E-state index contributed by atoms with van der Waals surface area (Å²) in [6, 6.07) is 0.290. The van der Waals surface area contributed by atoms with E-state index in [1.165, 1.54) is 25.7 Å². The largest absolute Gasteiger partial charge is 0.481 e. The molecule has 2 fully saturated rings. The molecule has 0 radical (unpaired) electrons. The quantitative estimate of drug-likeness (QED) is 0.838. The average Bonchev–Trinajstić information content (AvgIpc) is 2.51. The Kier molecular flexibility index (Phi) is 5.12. The van der Waals surface area contributed by atoms with Crippen LogP contribution in [0.5, 0.6) is 0 Å². The minimum absolute atomic E-state index is 0.0764. The lowest BCUT2D eigenvalue weighted by Crippen LogP contribution is -2.54.